The molecule has 1 saturated carbocycles. The number of carbonyl (C=O) groups excluding carboxylic acids is 1. The SMILES string of the molecule is CCC(C)C(N)C(=O)NC1CCN(S(=O)(=O)C2CC2)CC1.Cl. The highest BCUT2D eigenvalue weighted by Crippen LogP contribution is 2.32. The number of carbonyl (C=O) groups is 1. The number of nitrogens with zero attached hydrogens (tertiary/aromatic N) is 1. The number of hydrogen-bond acceptors (Lipinski definition) is 4. The van der Waals surface area contributed by atoms with E-state index in [1.54, 1.807) is 4.31 Å². The molecule has 0 spiro atoms. The molecule has 2 unspecified atom stereocenters. The fraction of sp³-hybridized carbons (Fsp3) is 0.929. The standard InChI is InChI=1S/C14H27N3O3S.ClH/c1-3-10(2)13(15)14(18)16-11-6-8-17(9-7-11)21(19,20)12-4-5-12;/h10-13H,3-9,15H2,1-2H3,(H,16,18);1H. The predicted octanol–water partition coefficient (Wildman–Crippen LogP) is 0.854. The van der Waals surface area contributed by atoms with Crippen LogP contribution in [0.25, 0.3) is 0 Å². The minimum Gasteiger partial charge on any atom is -0.352 e. The molecule has 1 heterocycles. The lowest BCUT2D eigenvalue weighted by Crippen LogP contribution is -2.52. The Balaban J connectivity index is 0.00000242. The fourth-order valence-electron chi connectivity index (χ4n) is 2.64. The fourth-order valence-corrected chi connectivity index (χ4v) is 4.51. The maximum Gasteiger partial charge on any atom is 0.237 e. The quantitative estimate of drug-likeness (QED) is 0.740. The van der Waals surface area contributed by atoms with Crippen LogP contribution in [0, 0.1) is 5.92 Å². The van der Waals surface area contributed by atoms with E-state index in [9.17, 15) is 13.2 Å². The summed E-state index contributed by atoms with van der Waals surface area (Å²) in [5.41, 5.74) is 5.91. The first kappa shape index (κ1) is 19.7. The van der Waals surface area contributed by atoms with Crippen LogP contribution >= 0.6 is 12.4 Å². The molecule has 1 aliphatic heterocycles. The summed E-state index contributed by atoms with van der Waals surface area (Å²) in [4.78, 5) is 12.0. The van der Waals surface area contributed by atoms with Crippen LogP contribution in [-0.2, 0) is 14.8 Å². The van der Waals surface area contributed by atoms with Gasteiger partial charge in [0.25, 0.3) is 0 Å². The first-order valence-corrected chi connectivity index (χ1v) is 9.41. The Hall–Kier alpha value is -0.370. The van der Waals surface area contributed by atoms with Gasteiger partial charge < -0.3 is 11.1 Å². The monoisotopic (exact) mass is 353 g/mol. The van der Waals surface area contributed by atoms with Gasteiger partial charge in [0.1, 0.15) is 0 Å². The summed E-state index contributed by atoms with van der Waals surface area (Å²) in [6.45, 7) is 4.98. The molecule has 1 saturated heterocycles. The Morgan fingerprint density at radius 2 is 1.82 bits per heavy atom. The molecule has 0 aromatic carbocycles. The molecule has 6 nitrogen and oxygen atoms in total. The van der Waals surface area contributed by atoms with Crippen LogP contribution in [0.15, 0.2) is 0 Å². The van der Waals surface area contributed by atoms with Crippen LogP contribution in [-0.4, -0.2) is 49.1 Å². The molecule has 1 amide bonds. The highest BCUT2D eigenvalue weighted by Gasteiger charge is 2.41. The van der Waals surface area contributed by atoms with E-state index >= 15 is 0 Å². The van der Waals surface area contributed by atoms with E-state index in [-0.39, 0.29) is 35.5 Å². The van der Waals surface area contributed by atoms with Crippen molar-refractivity contribution in [3.63, 3.8) is 0 Å². The third-order valence-corrected chi connectivity index (χ3v) is 7.06. The molecule has 0 aromatic rings. The summed E-state index contributed by atoms with van der Waals surface area (Å²) in [6, 6.07) is -0.443. The van der Waals surface area contributed by atoms with E-state index in [4.69, 9.17) is 5.73 Å². The van der Waals surface area contributed by atoms with Crippen molar-refractivity contribution < 1.29 is 13.2 Å². The average Bonchev–Trinajstić information content (AvgIpc) is 3.31. The van der Waals surface area contributed by atoms with Crippen LogP contribution in [0.5, 0.6) is 0 Å². The maximum absolute atomic E-state index is 12.1. The lowest BCUT2D eigenvalue weighted by atomic mass is 9.98. The van der Waals surface area contributed by atoms with Gasteiger partial charge in [-0.05, 0) is 31.6 Å². The zero-order valence-corrected chi connectivity index (χ0v) is 15.0. The molecule has 130 valence electrons. The van der Waals surface area contributed by atoms with Crippen LogP contribution < -0.4 is 11.1 Å². The lowest BCUT2D eigenvalue weighted by Gasteiger charge is -2.32. The van der Waals surface area contributed by atoms with Gasteiger partial charge in [-0.25, -0.2) is 12.7 Å². The number of piperidine rings is 1. The maximum atomic E-state index is 12.1. The first-order chi connectivity index (χ1) is 9.86. The van der Waals surface area contributed by atoms with Crippen molar-refractivity contribution in [1.29, 1.82) is 0 Å². The molecule has 3 N–H and O–H groups in total. The first-order valence-electron chi connectivity index (χ1n) is 7.91. The number of nitrogens with two attached hydrogens (primary N) is 1. The molecule has 22 heavy (non-hydrogen) atoms. The highest BCUT2D eigenvalue weighted by molar-refractivity contribution is 7.90. The Morgan fingerprint density at radius 1 is 1.27 bits per heavy atom. The van der Waals surface area contributed by atoms with E-state index in [0.29, 0.717) is 25.9 Å². The molecule has 2 atom stereocenters. The van der Waals surface area contributed by atoms with Crippen molar-refractivity contribution in [3.05, 3.63) is 0 Å². The van der Waals surface area contributed by atoms with Gasteiger partial charge >= 0.3 is 0 Å². The van der Waals surface area contributed by atoms with Gasteiger partial charge in [-0.15, -0.1) is 12.4 Å². The summed E-state index contributed by atoms with van der Waals surface area (Å²) in [6.07, 6.45) is 3.80. The number of amides is 1. The van der Waals surface area contributed by atoms with Crippen LogP contribution in [0.4, 0.5) is 0 Å². The van der Waals surface area contributed by atoms with Crippen molar-refractivity contribution in [1.82, 2.24) is 9.62 Å². The van der Waals surface area contributed by atoms with Gasteiger partial charge in [-0.3, -0.25) is 4.79 Å². The number of halogens is 1. The molecule has 0 aromatic heterocycles. The number of sulfonamides is 1. The second-order valence-electron chi connectivity index (χ2n) is 6.34. The van der Waals surface area contributed by atoms with Gasteiger partial charge in [0.2, 0.25) is 15.9 Å². The molecule has 2 rings (SSSR count). The van der Waals surface area contributed by atoms with E-state index in [0.717, 1.165) is 19.3 Å². The van der Waals surface area contributed by atoms with Crippen molar-refractivity contribution in [3.8, 4) is 0 Å². The van der Waals surface area contributed by atoms with Crippen molar-refractivity contribution in [2.45, 2.75) is 63.3 Å². The van der Waals surface area contributed by atoms with Gasteiger partial charge in [-0.2, -0.15) is 0 Å². The zero-order valence-electron chi connectivity index (χ0n) is 13.3. The normalized spacial score (nSPS) is 23.4. The van der Waals surface area contributed by atoms with Crippen LogP contribution in [0.2, 0.25) is 0 Å². The van der Waals surface area contributed by atoms with Crippen LogP contribution in [0.1, 0.15) is 46.0 Å². The molecule has 1 aliphatic carbocycles. The van der Waals surface area contributed by atoms with Gasteiger partial charge in [0, 0.05) is 19.1 Å². The molecular formula is C14H28ClN3O3S. The van der Waals surface area contributed by atoms with Crippen LogP contribution in [0.3, 0.4) is 0 Å². The Labute approximate surface area is 139 Å². The average molecular weight is 354 g/mol. The Bertz CT molecular complexity index is 474. The van der Waals surface area contributed by atoms with Gasteiger partial charge in [-0.1, -0.05) is 20.3 Å². The van der Waals surface area contributed by atoms with Crippen molar-refractivity contribution in [2.24, 2.45) is 11.7 Å². The lowest BCUT2D eigenvalue weighted by molar-refractivity contribution is -0.124. The summed E-state index contributed by atoms with van der Waals surface area (Å²) < 4.78 is 25.8. The van der Waals surface area contributed by atoms with Gasteiger partial charge in [0.15, 0.2) is 0 Å². The van der Waals surface area contributed by atoms with Crippen molar-refractivity contribution >= 4 is 28.3 Å². The Kier molecular flexibility index (Phi) is 7.11. The van der Waals surface area contributed by atoms with E-state index < -0.39 is 16.1 Å². The molecule has 2 fully saturated rings. The minimum absolute atomic E-state index is 0. The summed E-state index contributed by atoms with van der Waals surface area (Å²) in [5.74, 6) is 0.0354. The highest BCUT2D eigenvalue weighted by atomic mass is 35.5. The number of nitrogens with one attached hydrogen (secondary N) is 1. The van der Waals surface area contributed by atoms with E-state index in [2.05, 4.69) is 5.32 Å². The molecule has 2 aliphatic rings. The molecule has 0 radical (unpaired) electrons. The summed E-state index contributed by atoms with van der Waals surface area (Å²) >= 11 is 0. The van der Waals surface area contributed by atoms with Gasteiger partial charge in [0.05, 0.1) is 11.3 Å². The second-order valence-corrected chi connectivity index (χ2v) is 8.55. The molecular weight excluding hydrogens is 326 g/mol. The molecule has 8 heteroatoms. The summed E-state index contributed by atoms with van der Waals surface area (Å²) in [7, 11) is -3.08. The number of hydrogen-bond donors (Lipinski definition) is 2. The third-order valence-electron chi connectivity index (χ3n) is 4.67. The predicted molar refractivity (Wildman–Crippen MR) is 89.4 cm³/mol. The number of rotatable bonds is 6. The smallest absolute Gasteiger partial charge is 0.237 e. The minimum atomic E-state index is -3.08. The topological polar surface area (TPSA) is 92.5 Å². The summed E-state index contributed by atoms with van der Waals surface area (Å²) in [5, 5.41) is 2.81. The zero-order chi connectivity index (χ0) is 15.6. The van der Waals surface area contributed by atoms with E-state index in [1.807, 2.05) is 13.8 Å². The van der Waals surface area contributed by atoms with Crippen molar-refractivity contribution in [2.75, 3.05) is 13.1 Å². The Morgan fingerprint density at radius 3 is 2.27 bits per heavy atom. The van der Waals surface area contributed by atoms with E-state index in [1.165, 1.54) is 0 Å². The molecule has 0 bridgehead atoms. The third kappa shape index (κ3) is 4.57. The second kappa shape index (κ2) is 7.95. The largest absolute Gasteiger partial charge is 0.352 e.